The molecule has 1 aromatic heterocycles. The SMILES string of the molecule is Cc1ccc(Br)c(C(NN)c2c(Cl)cnn2C(C)C)c1. The van der Waals surface area contributed by atoms with E-state index in [0.29, 0.717) is 5.02 Å². The number of aryl methyl sites for hydroxylation is 1. The Morgan fingerprint density at radius 2 is 2.10 bits per heavy atom. The molecule has 0 bridgehead atoms. The number of rotatable bonds is 4. The van der Waals surface area contributed by atoms with Crippen molar-refractivity contribution in [1.82, 2.24) is 15.2 Å². The lowest BCUT2D eigenvalue weighted by atomic mass is 10.0. The van der Waals surface area contributed by atoms with Gasteiger partial charge in [0.25, 0.3) is 0 Å². The fourth-order valence-electron chi connectivity index (χ4n) is 2.23. The molecule has 0 saturated heterocycles. The van der Waals surface area contributed by atoms with Gasteiger partial charge in [-0.1, -0.05) is 45.2 Å². The molecule has 2 rings (SSSR count). The molecule has 0 aliphatic rings. The van der Waals surface area contributed by atoms with Crippen LogP contribution in [-0.4, -0.2) is 9.78 Å². The Bertz CT molecular complexity index is 609. The third-order valence-electron chi connectivity index (χ3n) is 3.18. The van der Waals surface area contributed by atoms with Gasteiger partial charge in [0, 0.05) is 10.5 Å². The molecule has 0 fully saturated rings. The first-order valence-electron chi connectivity index (χ1n) is 6.40. The van der Waals surface area contributed by atoms with Crippen molar-refractivity contribution in [3.63, 3.8) is 0 Å². The smallest absolute Gasteiger partial charge is 0.0904 e. The fourth-order valence-corrected chi connectivity index (χ4v) is 2.95. The van der Waals surface area contributed by atoms with Gasteiger partial charge in [0.2, 0.25) is 0 Å². The molecule has 0 spiro atoms. The molecule has 4 nitrogen and oxygen atoms in total. The van der Waals surface area contributed by atoms with Crippen molar-refractivity contribution in [3.8, 4) is 0 Å². The molecule has 0 radical (unpaired) electrons. The predicted octanol–water partition coefficient (Wildman–Crippen LogP) is 3.74. The van der Waals surface area contributed by atoms with Crippen LogP contribution in [-0.2, 0) is 0 Å². The highest BCUT2D eigenvalue weighted by Crippen LogP contribution is 2.33. The van der Waals surface area contributed by atoms with E-state index in [4.69, 9.17) is 17.4 Å². The van der Waals surface area contributed by atoms with Crippen molar-refractivity contribution in [1.29, 1.82) is 0 Å². The monoisotopic (exact) mass is 356 g/mol. The molecule has 0 saturated carbocycles. The average molecular weight is 358 g/mol. The average Bonchev–Trinajstić information content (AvgIpc) is 2.77. The molecule has 0 amide bonds. The number of aromatic nitrogens is 2. The number of benzene rings is 1. The minimum absolute atomic E-state index is 0.205. The van der Waals surface area contributed by atoms with Crippen molar-refractivity contribution in [2.45, 2.75) is 32.9 Å². The molecular weight excluding hydrogens is 340 g/mol. The minimum Gasteiger partial charge on any atom is -0.271 e. The Labute approximate surface area is 132 Å². The Kier molecular flexibility index (Phi) is 4.86. The van der Waals surface area contributed by atoms with E-state index in [-0.39, 0.29) is 12.1 Å². The van der Waals surface area contributed by atoms with E-state index in [0.717, 1.165) is 21.3 Å². The standard InChI is InChI=1S/C14H18BrClN4/c1-8(2)20-14(12(16)7-18-20)13(19-17)10-6-9(3)4-5-11(10)15/h4-8,13,19H,17H2,1-3H3. The lowest BCUT2D eigenvalue weighted by Gasteiger charge is -2.22. The number of hydrazine groups is 1. The molecule has 6 heteroatoms. The number of halogens is 2. The molecule has 108 valence electrons. The van der Waals surface area contributed by atoms with Gasteiger partial charge in [0.15, 0.2) is 0 Å². The highest BCUT2D eigenvalue weighted by atomic mass is 79.9. The first-order valence-corrected chi connectivity index (χ1v) is 7.58. The third-order valence-corrected chi connectivity index (χ3v) is 4.19. The van der Waals surface area contributed by atoms with Crippen molar-refractivity contribution < 1.29 is 0 Å². The zero-order chi connectivity index (χ0) is 14.9. The summed E-state index contributed by atoms with van der Waals surface area (Å²) in [6.07, 6.45) is 1.66. The number of nitrogens with zero attached hydrogens (tertiary/aromatic N) is 2. The summed E-state index contributed by atoms with van der Waals surface area (Å²) in [6.45, 7) is 6.17. The quantitative estimate of drug-likeness (QED) is 0.647. The molecule has 1 heterocycles. The maximum atomic E-state index is 6.31. The van der Waals surface area contributed by atoms with Crippen LogP contribution in [0.2, 0.25) is 5.02 Å². The highest BCUT2D eigenvalue weighted by Gasteiger charge is 2.24. The van der Waals surface area contributed by atoms with Crippen LogP contribution in [0, 0.1) is 6.92 Å². The second kappa shape index (κ2) is 6.26. The van der Waals surface area contributed by atoms with Gasteiger partial charge in [-0.2, -0.15) is 5.10 Å². The number of nitrogens with one attached hydrogen (secondary N) is 1. The summed E-state index contributed by atoms with van der Waals surface area (Å²) in [4.78, 5) is 0. The fraction of sp³-hybridized carbons (Fsp3) is 0.357. The Balaban J connectivity index is 2.58. The lowest BCUT2D eigenvalue weighted by molar-refractivity contribution is 0.476. The van der Waals surface area contributed by atoms with Gasteiger partial charge in [-0.25, -0.2) is 5.43 Å². The van der Waals surface area contributed by atoms with Crippen LogP contribution in [0.15, 0.2) is 28.9 Å². The second-order valence-electron chi connectivity index (χ2n) is 5.04. The first kappa shape index (κ1) is 15.5. The van der Waals surface area contributed by atoms with E-state index in [1.54, 1.807) is 6.20 Å². The van der Waals surface area contributed by atoms with Crippen LogP contribution in [0.3, 0.4) is 0 Å². The van der Waals surface area contributed by atoms with Crippen LogP contribution in [0.5, 0.6) is 0 Å². The molecule has 1 atom stereocenters. The number of nitrogens with two attached hydrogens (primary N) is 1. The Morgan fingerprint density at radius 3 is 2.70 bits per heavy atom. The van der Waals surface area contributed by atoms with Crippen LogP contribution in [0.4, 0.5) is 0 Å². The summed E-state index contributed by atoms with van der Waals surface area (Å²) in [5.74, 6) is 5.78. The normalized spacial score (nSPS) is 12.9. The zero-order valence-corrected chi connectivity index (χ0v) is 14.0. The Morgan fingerprint density at radius 1 is 1.40 bits per heavy atom. The lowest BCUT2D eigenvalue weighted by Crippen LogP contribution is -2.31. The first-order chi connectivity index (χ1) is 9.45. The Hall–Kier alpha value is -0.880. The summed E-state index contributed by atoms with van der Waals surface area (Å²) in [6, 6.07) is 6.13. The van der Waals surface area contributed by atoms with Gasteiger partial charge in [-0.05, 0) is 32.4 Å². The van der Waals surface area contributed by atoms with Crippen molar-refractivity contribution in [2.24, 2.45) is 5.84 Å². The molecule has 0 aliphatic heterocycles. The van der Waals surface area contributed by atoms with E-state index in [1.807, 2.05) is 23.7 Å². The molecule has 1 unspecified atom stereocenters. The number of hydrogen-bond acceptors (Lipinski definition) is 3. The van der Waals surface area contributed by atoms with Gasteiger partial charge in [0.05, 0.1) is 23.0 Å². The molecular formula is C14H18BrClN4. The molecule has 3 N–H and O–H groups in total. The summed E-state index contributed by atoms with van der Waals surface area (Å²) in [5, 5.41) is 4.94. The van der Waals surface area contributed by atoms with Gasteiger partial charge < -0.3 is 0 Å². The topological polar surface area (TPSA) is 55.9 Å². The summed E-state index contributed by atoms with van der Waals surface area (Å²) in [7, 11) is 0. The molecule has 0 aliphatic carbocycles. The minimum atomic E-state index is -0.221. The summed E-state index contributed by atoms with van der Waals surface area (Å²) in [5.41, 5.74) is 5.92. The maximum Gasteiger partial charge on any atom is 0.0904 e. The van der Waals surface area contributed by atoms with Gasteiger partial charge in [0.1, 0.15) is 0 Å². The van der Waals surface area contributed by atoms with Crippen LogP contribution < -0.4 is 11.3 Å². The van der Waals surface area contributed by atoms with Crippen LogP contribution in [0.25, 0.3) is 0 Å². The third kappa shape index (κ3) is 2.91. The van der Waals surface area contributed by atoms with E-state index >= 15 is 0 Å². The van der Waals surface area contributed by atoms with E-state index in [9.17, 15) is 0 Å². The van der Waals surface area contributed by atoms with E-state index in [2.05, 4.69) is 46.4 Å². The van der Waals surface area contributed by atoms with E-state index < -0.39 is 0 Å². The molecule has 2 aromatic rings. The molecule has 20 heavy (non-hydrogen) atoms. The maximum absolute atomic E-state index is 6.31. The van der Waals surface area contributed by atoms with Gasteiger partial charge in [-0.3, -0.25) is 10.5 Å². The van der Waals surface area contributed by atoms with Crippen molar-refractivity contribution >= 4 is 27.5 Å². The van der Waals surface area contributed by atoms with Crippen molar-refractivity contribution in [2.75, 3.05) is 0 Å². The van der Waals surface area contributed by atoms with Crippen LogP contribution in [0.1, 0.15) is 42.8 Å². The van der Waals surface area contributed by atoms with Gasteiger partial charge in [-0.15, -0.1) is 0 Å². The largest absolute Gasteiger partial charge is 0.271 e. The van der Waals surface area contributed by atoms with Crippen LogP contribution >= 0.6 is 27.5 Å². The summed E-state index contributed by atoms with van der Waals surface area (Å²) < 4.78 is 2.88. The zero-order valence-electron chi connectivity index (χ0n) is 11.7. The van der Waals surface area contributed by atoms with Crippen molar-refractivity contribution in [3.05, 3.63) is 50.7 Å². The van der Waals surface area contributed by atoms with Gasteiger partial charge >= 0.3 is 0 Å². The molecule has 1 aromatic carbocycles. The number of hydrogen-bond donors (Lipinski definition) is 2. The predicted molar refractivity (Wildman–Crippen MR) is 85.7 cm³/mol. The van der Waals surface area contributed by atoms with E-state index in [1.165, 1.54) is 0 Å². The second-order valence-corrected chi connectivity index (χ2v) is 6.30. The highest BCUT2D eigenvalue weighted by molar-refractivity contribution is 9.10. The summed E-state index contributed by atoms with van der Waals surface area (Å²) >= 11 is 9.89.